The Morgan fingerprint density at radius 1 is 1.21 bits per heavy atom. The molecule has 1 aromatic carbocycles. The molecule has 104 valence electrons. The lowest BCUT2D eigenvalue weighted by molar-refractivity contribution is -0.124. The molecule has 0 aliphatic carbocycles. The average molecular weight is 264 g/mol. The third kappa shape index (κ3) is 4.99. The first-order valence-electron chi connectivity index (χ1n) is 6.22. The van der Waals surface area contributed by atoms with Gasteiger partial charge in [-0.1, -0.05) is 13.8 Å². The number of nitrogens with two attached hydrogens (primary N) is 1. The van der Waals surface area contributed by atoms with E-state index in [1.165, 1.54) is 0 Å². The number of carbonyl (C=O) groups is 2. The highest BCUT2D eigenvalue weighted by molar-refractivity contribution is 5.92. The minimum Gasteiger partial charge on any atom is -0.484 e. The maximum absolute atomic E-state index is 11.6. The van der Waals surface area contributed by atoms with Crippen molar-refractivity contribution in [1.29, 1.82) is 0 Å². The molecule has 0 saturated heterocycles. The highest BCUT2D eigenvalue weighted by Gasteiger charge is 2.11. The van der Waals surface area contributed by atoms with Crippen molar-refractivity contribution < 1.29 is 14.3 Å². The lowest BCUT2D eigenvalue weighted by atomic mass is 10.1. The van der Waals surface area contributed by atoms with Gasteiger partial charge in [-0.2, -0.15) is 0 Å². The summed E-state index contributed by atoms with van der Waals surface area (Å²) in [6.45, 7) is 5.97. The molecule has 1 aromatic rings. The van der Waals surface area contributed by atoms with Gasteiger partial charge in [0.25, 0.3) is 5.91 Å². The second-order valence-corrected chi connectivity index (χ2v) is 4.78. The first-order chi connectivity index (χ1) is 8.90. The van der Waals surface area contributed by atoms with E-state index in [2.05, 4.69) is 5.32 Å². The molecule has 1 unspecified atom stereocenters. The van der Waals surface area contributed by atoms with Gasteiger partial charge in [-0.15, -0.1) is 0 Å². The zero-order valence-corrected chi connectivity index (χ0v) is 11.5. The maximum Gasteiger partial charge on any atom is 0.258 e. The average Bonchev–Trinajstić information content (AvgIpc) is 2.36. The molecule has 0 bridgehead atoms. The van der Waals surface area contributed by atoms with Crippen molar-refractivity contribution in [3.05, 3.63) is 29.8 Å². The van der Waals surface area contributed by atoms with Crippen molar-refractivity contribution in [3.63, 3.8) is 0 Å². The van der Waals surface area contributed by atoms with E-state index in [9.17, 15) is 9.59 Å². The summed E-state index contributed by atoms with van der Waals surface area (Å²) in [5.41, 5.74) is 5.53. The van der Waals surface area contributed by atoms with Crippen molar-refractivity contribution in [2.75, 3.05) is 6.61 Å². The maximum atomic E-state index is 11.6. The quantitative estimate of drug-likeness (QED) is 0.813. The van der Waals surface area contributed by atoms with Gasteiger partial charge in [-0.3, -0.25) is 9.59 Å². The summed E-state index contributed by atoms with van der Waals surface area (Å²) in [4.78, 5) is 22.5. The number of hydrogen-bond donors (Lipinski definition) is 2. The van der Waals surface area contributed by atoms with Crippen molar-refractivity contribution in [2.45, 2.75) is 26.8 Å². The fourth-order valence-corrected chi connectivity index (χ4v) is 1.33. The second-order valence-electron chi connectivity index (χ2n) is 4.78. The number of ether oxygens (including phenoxy) is 1. The fraction of sp³-hybridized carbons (Fsp3) is 0.429. The third-order valence-corrected chi connectivity index (χ3v) is 2.90. The van der Waals surface area contributed by atoms with Crippen LogP contribution in [0, 0.1) is 5.92 Å². The summed E-state index contributed by atoms with van der Waals surface area (Å²) in [6, 6.07) is 6.45. The summed E-state index contributed by atoms with van der Waals surface area (Å²) in [6.07, 6.45) is 0. The van der Waals surface area contributed by atoms with Gasteiger partial charge in [0.1, 0.15) is 5.75 Å². The highest BCUT2D eigenvalue weighted by atomic mass is 16.5. The summed E-state index contributed by atoms with van der Waals surface area (Å²) in [5.74, 6) is 0.242. The zero-order valence-electron chi connectivity index (χ0n) is 11.5. The molecule has 0 radical (unpaired) electrons. The van der Waals surface area contributed by atoms with Crippen LogP contribution in [0.15, 0.2) is 24.3 Å². The molecule has 3 N–H and O–H groups in total. The molecule has 0 saturated carbocycles. The molecule has 0 aromatic heterocycles. The van der Waals surface area contributed by atoms with Crippen molar-refractivity contribution in [2.24, 2.45) is 11.7 Å². The van der Waals surface area contributed by atoms with E-state index < -0.39 is 5.91 Å². The summed E-state index contributed by atoms with van der Waals surface area (Å²) >= 11 is 0. The monoisotopic (exact) mass is 264 g/mol. The number of hydrogen-bond acceptors (Lipinski definition) is 3. The van der Waals surface area contributed by atoms with Gasteiger partial charge in [-0.05, 0) is 37.1 Å². The van der Waals surface area contributed by atoms with E-state index in [1.807, 2.05) is 20.8 Å². The van der Waals surface area contributed by atoms with Gasteiger partial charge < -0.3 is 15.8 Å². The summed E-state index contributed by atoms with van der Waals surface area (Å²) in [5, 5.41) is 2.84. The number of rotatable bonds is 6. The van der Waals surface area contributed by atoms with Crippen LogP contribution in [0.1, 0.15) is 31.1 Å². The summed E-state index contributed by atoms with van der Waals surface area (Å²) in [7, 11) is 0. The molecular formula is C14H20N2O3. The standard InChI is InChI=1S/C14H20N2O3/c1-9(2)10(3)16-13(17)8-19-12-6-4-11(5-7-12)14(15)18/h4-7,9-10H,8H2,1-3H3,(H2,15,18)(H,16,17). The molecule has 2 amide bonds. The highest BCUT2D eigenvalue weighted by Crippen LogP contribution is 2.11. The molecule has 1 atom stereocenters. The Bertz CT molecular complexity index is 441. The minimum atomic E-state index is -0.491. The van der Waals surface area contributed by atoms with Gasteiger partial charge in [0.05, 0.1) is 0 Å². The van der Waals surface area contributed by atoms with E-state index in [4.69, 9.17) is 10.5 Å². The lowest BCUT2D eigenvalue weighted by Crippen LogP contribution is -2.38. The van der Waals surface area contributed by atoms with Crippen LogP contribution in [-0.4, -0.2) is 24.5 Å². The Morgan fingerprint density at radius 3 is 2.26 bits per heavy atom. The smallest absolute Gasteiger partial charge is 0.258 e. The molecule has 0 spiro atoms. The van der Waals surface area contributed by atoms with Crippen molar-refractivity contribution in [3.8, 4) is 5.75 Å². The summed E-state index contributed by atoms with van der Waals surface area (Å²) < 4.78 is 5.32. The molecular weight excluding hydrogens is 244 g/mol. The Morgan fingerprint density at radius 2 is 1.79 bits per heavy atom. The molecule has 0 heterocycles. The zero-order chi connectivity index (χ0) is 14.4. The molecule has 19 heavy (non-hydrogen) atoms. The van der Waals surface area contributed by atoms with E-state index >= 15 is 0 Å². The lowest BCUT2D eigenvalue weighted by Gasteiger charge is -2.17. The van der Waals surface area contributed by atoms with Crippen LogP contribution in [0.2, 0.25) is 0 Å². The first kappa shape index (κ1) is 15.0. The van der Waals surface area contributed by atoms with Crippen LogP contribution in [0.4, 0.5) is 0 Å². The van der Waals surface area contributed by atoms with Gasteiger partial charge in [0.2, 0.25) is 5.91 Å². The Balaban J connectivity index is 2.44. The van der Waals surface area contributed by atoms with Crippen LogP contribution in [0.25, 0.3) is 0 Å². The van der Waals surface area contributed by atoms with Gasteiger partial charge >= 0.3 is 0 Å². The van der Waals surface area contributed by atoms with E-state index in [-0.39, 0.29) is 18.6 Å². The SMILES string of the molecule is CC(C)C(C)NC(=O)COc1ccc(C(N)=O)cc1. The number of amides is 2. The molecule has 5 nitrogen and oxygen atoms in total. The van der Waals surface area contributed by atoms with Crippen LogP contribution >= 0.6 is 0 Å². The minimum absolute atomic E-state index is 0.0486. The Labute approximate surface area is 113 Å². The fourth-order valence-electron chi connectivity index (χ4n) is 1.33. The van der Waals surface area contributed by atoms with Crippen molar-refractivity contribution in [1.82, 2.24) is 5.32 Å². The predicted molar refractivity (Wildman–Crippen MR) is 72.9 cm³/mol. The Kier molecular flexibility index (Phi) is 5.36. The number of carbonyl (C=O) groups excluding carboxylic acids is 2. The second kappa shape index (κ2) is 6.78. The van der Waals surface area contributed by atoms with E-state index in [0.29, 0.717) is 17.2 Å². The van der Waals surface area contributed by atoms with E-state index in [0.717, 1.165) is 0 Å². The van der Waals surface area contributed by atoms with Crippen LogP contribution in [-0.2, 0) is 4.79 Å². The van der Waals surface area contributed by atoms with Gasteiger partial charge in [0, 0.05) is 11.6 Å². The van der Waals surface area contributed by atoms with Gasteiger partial charge in [-0.25, -0.2) is 0 Å². The molecule has 0 aliphatic rings. The number of nitrogens with one attached hydrogen (secondary N) is 1. The van der Waals surface area contributed by atoms with Crippen LogP contribution in [0.3, 0.4) is 0 Å². The molecule has 0 aliphatic heterocycles. The Hall–Kier alpha value is -2.04. The largest absolute Gasteiger partial charge is 0.484 e. The molecule has 1 rings (SSSR count). The topological polar surface area (TPSA) is 81.4 Å². The molecule has 5 heteroatoms. The number of benzene rings is 1. The van der Waals surface area contributed by atoms with Gasteiger partial charge in [0.15, 0.2) is 6.61 Å². The van der Waals surface area contributed by atoms with E-state index in [1.54, 1.807) is 24.3 Å². The predicted octanol–water partition coefficient (Wildman–Crippen LogP) is 1.32. The molecule has 0 fully saturated rings. The number of primary amides is 1. The van der Waals surface area contributed by atoms with Crippen LogP contribution < -0.4 is 15.8 Å². The van der Waals surface area contributed by atoms with Crippen molar-refractivity contribution >= 4 is 11.8 Å². The normalized spacial score (nSPS) is 12.0. The first-order valence-corrected chi connectivity index (χ1v) is 6.22. The third-order valence-electron chi connectivity index (χ3n) is 2.90. The van der Waals surface area contributed by atoms with Crippen LogP contribution in [0.5, 0.6) is 5.75 Å².